The summed E-state index contributed by atoms with van der Waals surface area (Å²) in [6.07, 6.45) is 1.77. The summed E-state index contributed by atoms with van der Waals surface area (Å²) >= 11 is 3.43. The Labute approximate surface area is 119 Å². The topological polar surface area (TPSA) is 65.9 Å². The average molecular weight is 315 g/mol. The standard InChI is InChI=1S/C14H11BrN4/c15-10-1-3-11(4-2-10)19-7-9-6-18-14(17)12(5-16)13(9)8-19/h1-4,6H,7-8H2,(H2,17,18). The van der Waals surface area contributed by atoms with Crippen molar-refractivity contribution < 1.29 is 0 Å². The highest BCUT2D eigenvalue weighted by molar-refractivity contribution is 9.10. The quantitative estimate of drug-likeness (QED) is 0.879. The summed E-state index contributed by atoms with van der Waals surface area (Å²) in [6, 6.07) is 10.3. The molecule has 5 heteroatoms. The van der Waals surface area contributed by atoms with Crippen LogP contribution in [0.25, 0.3) is 0 Å². The molecule has 0 saturated heterocycles. The molecular formula is C14H11BrN4. The maximum absolute atomic E-state index is 9.18. The fraction of sp³-hybridized carbons (Fsp3) is 0.143. The number of rotatable bonds is 1. The molecule has 0 aliphatic carbocycles. The third-order valence-corrected chi connectivity index (χ3v) is 3.85. The Morgan fingerprint density at radius 3 is 2.68 bits per heavy atom. The van der Waals surface area contributed by atoms with Crippen LogP contribution in [0.2, 0.25) is 0 Å². The minimum atomic E-state index is 0.318. The number of anilines is 2. The first-order valence-corrected chi connectivity index (χ1v) is 6.65. The number of aromatic nitrogens is 1. The highest BCUT2D eigenvalue weighted by Gasteiger charge is 2.24. The zero-order valence-electron chi connectivity index (χ0n) is 10.1. The SMILES string of the molecule is N#Cc1c(N)ncc2c1CN(c1ccc(Br)cc1)C2. The first kappa shape index (κ1) is 12.0. The molecule has 0 spiro atoms. The molecule has 94 valence electrons. The third kappa shape index (κ3) is 2.04. The minimum absolute atomic E-state index is 0.318. The number of hydrogen-bond acceptors (Lipinski definition) is 4. The predicted molar refractivity (Wildman–Crippen MR) is 77.4 cm³/mol. The molecule has 0 fully saturated rings. The van der Waals surface area contributed by atoms with Crippen LogP contribution in [0.5, 0.6) is 0 Å². The summed E-state index contributed by atoms with van der Waals surface area (Å²) in [5.74, 6) is 0.318. The van der Waals surface area contributed by atoms with Gasteiger partial charge in [-0.25, -0.2) is 4.98 Å². The Morgan fingerprint density at radius 2 is 2.00 bits per heavy atom. The van der Waals surface area contributed by atoms with E-state index in [1.165, 1.54) is 0 Å². The Morgan fingerprint density at radius 1 is 1.26 bits per heavy atom. The van der Waals surface area contributed by atoms with E-state index < -0.39 is 0 Å². The van der Waals surface area contributed by atoms with Crippen LogP contribution in [0, 0.1) is 11.3 Å². The number of nitrogens with zero attached hydrogens (tertiary/aromatic N) is 3. The van der Waals surface area contributed by atoms with Gasteiger partial charge in [0.1, 0.15) is 11.9 Å². The molecule has 3 rings (SSSR count). The summed E-state index contributed by atoms with van der Waals surface area (Å²) in [6.45, 7) is 1.46. The van der Waals surface area contributed by atoms with E-state index >= 15 is 0 Å². The van der Waals surface area contributed by atoms with Gasteiger partial charge < -0.3 is 10.6 Å². The van der Waals surface area contributed by atoms with E-state index in [9.17, 15) is 5.26 Å². The number of fused-ring (bicyclic) bond motifs is 1. The molecule has 0 radical (unpaired) electrons. The van der Waals surface area contributed by atoms with Gasteiger partial charge >= 0.3 is 0 Å². The van der Waals surface area contributed by atoms with Gasteiger partial charge in [0.25, 0.3) is 0 Å². The van der Waals surface area contributed by atoms with Gasteiger partial charge in [0, 0.05) is 29.4 Å². The third-order valence-electron chi connectivity index (χ3n) is 3.32. The lowest BCUT2D eigenvalue weighted by Crippen LogP contribution is -2.14. The van der Waals surface area contributed by atoms with Gasteiger partial charge in [-0.3, -0.25) is 0 Å². The second-order valence-electron chi connectivity index (χ2n) is 4.47. The molecule has 1 aromatic carbocycles. The van der Waals surface area contributed by atoms with Crippen molar-refractivity contribution in [1.82, 2.24) is 4.98 Å². The van der Waals surface area contributed by atoms with E-state index in [1.807, 2.05) is 12.1 Å². The van der Waals surface area contributed by atoms with Crippen LogP contribution in [0.15, 0.2) is 34.9 Å². The maximum Gasteiger partial charge on any atom is 0.141 e. The first-order chi connectivity index (χ1) is 9.19. The van der Waals surface area contributed by atoms with Crippen molar-refractivity contribution in [3.05, 3.63) is 51.6 Å². The van der Waals surface area contributed by atoms with Gasteiger partial charge in [0.2, 0.25) is 0 Å². The van der Waals surface area contributed by atoms with E-state index in [2.05, 4.69) is 44.0 Å². The molecule has 1 aliphatic rings. The summed E-state index contributed by atoms with van der Waals surface area (Å²) < 4.78 is 1.05. The van der Waals surface area contributed by atoms with Crippen molar-refractivity contribution in [2.24, 2.45) is 0 Å². The van der Waals surface area contributed by atoms with Gasteiger partial charge in [-0.2, -0.15) is 5.26 Å². The zero-order chi connectivity index (χ0) is 13.4. The summed E-state index contributed by atoms with van der Waals surface area (Å²) in [5, 5.41) is 9.18. The van der Waals surface area contributed by atoms with Crippen LogP contribution in [0.1, 0.15) is 16.7 Å². The lowest BCUT2D eigenvalue weighted by atomic mass is 10.1. The van der Waals surface area contributed by atoms with Gasteiger partial charge in [0.15, 0.2) is 0 Å². The van der Waals surface area contributed by atoms with Gasteiger partial charge in [-0.1, -0.05) is 15.9 Å². The number of hydrogen-bond donors (Lipinski definition) is 1. The van der Waals surface area contributed by atoms with E-state index in [1.54, 1.807) is 6.20 Å². The molecule has 0 amide bonds. The molecule has 0 saturated carbocycles. The maximum atomic E-state index is 9.18. The van der Waals surface area contributed by atoms with Crippen molar-refractivity contribution in [3.8, 4) is 6.07 Å². The lowest BCUT2D eigenvalue weighted by Gasteiger charge is -2.17. The monoisotopic (exact) mass is 314 g/mol. The Kier molecular flexibility index (Phi) is 2.88. The van der Waals surface area contributed by atoms with Crippen LogP contribution in [-0.2, 0) is 13.1 Å². The highest BCUT2D eigenvalue weighted by atomic mass is 79.9. The largest absolute Gasteiger partial charge is 0.383 e. The molecule has 1 aromatic heterocycles. The number of halogens is 1. The zero-order valence-corrected chi connectivity index (χ0v) is 11.7. The van der Waals surface area contributed by atoms with Crippen molar-refractivity contribution in [2.75, 3.05) is 10.6 Å². The second-order valence-corrected chi connectivity index (χ2v) is 5.38. The predicted octanol–water partition coefficient (Wildman–Crippen LogP) is 2.82. The van der Waals surface area contributed by atoms with Crippen molar-refractivity contribution in [1.29, 1.82) is 5.26 Å². The smallest absolute Gasteiger partial charge is 0.141 e. The van der Waals surface area contributed by atoms with Crippen molar-refractivity contribution in [3.63, 3.8) is 0 Å². The summed E-state index contributed by atoms with van der Waals surface area (Å²) in [5.41, 5.74) is 9.46. The molecule has 1 aliphatic heterocycles. The molecule has 2 aromatic rings. The van der Waals surface area contributed by atoms with E-state index in [0.717, 1.165) is 27.8 Å². The second kappa shape index (κ2) is 4.56. The number of nitrogens with two attached hydrogens (primary N) is 1. The molecule has 0 atom stereocenters. The number of nitriles is 1. The average Bonchev–Trinajstić information content (AvgIpc) is 2.83. The van der Waals surface area contributed by atoms with Crippen LogP contribution < -0.4 is 10.6 Å². The normalized spacial score (nSPS) is 13.2. The Bertz CT molecular complexity index is 673. The van der Waals surface area contributed by atoms with Gasteiger partial charge in [-0.15, -0.1) is 0 Å². The van der Waals surface area contributed by atoms with Gasteiger partial charge in [0.05, 0.1) is 5.56 Å². The van der Waals surface area contributed by atoms with Gasteiger partial charge in [-0.05, 0) is 35.4 Å². The summed E-state index contributed by atoms with van der Waals surface area (Å²) in [7, 11) is 0. The van der Waals surface area contributed by atoms with Crippen LogP contribution in [0.3, 0.4) is 0 Å². The van der Waals surface area contributed by atoms with Crippen molar-refractivity contribution in [2.45, 2.75) is 13.1 Å². The fourth-order valence-electron chi connectivity index (χ4n) is 2.33. The van der Waals surface area contributed by atoms with Crippen molar-refractivity contribution >= 4 is 27.4 Å². The number of nitrogen functional groups attached to an aromatic ring is 1. The fourth-order valence-corrected chi connectivity index (χ4v) is 2.60. The first-order valence-electron chi connectivity index (χ1n) is 5.86. The van der Waals surface area contributed by atoms with Crippen LogP contribution in [0.4, 0.5) is 11.5 Å². The molecule has 4 nitrogen and oxygen atoms in total. The van der Waals surface area contributed by atoms with E-state index in [-0.39, 0.29) is 0 Å². The van der Waals surface area contributed by atoms with E-state index in [4.69, 9.17) is 5.73 Å². The Hall–Kier alpha value is -2.06. The molecule has 0 unspecified atom stereocenters. The molecule has 19 heavy (non-hydrogen) atoms. The van der Waals surface area contributed by atoms with Crippen LogP contribution in [-0.4, -0.2) is 4.98 Å². The lowest BCUT2D eigenvalue weighted by molar-refractivity contribution is 0.879. The van der Waals surface area contributed by atoms with Crippen LogP contribution >= 0.6 is 15.9 Å². The minimum Gasteiger partial charge on any atom is -0.383 e. The molecule has 2 N–H and O–H groups in total. The highest BCUT2D eigenvalue weighted by Crippen LogP contribution is 2.31. The number of pyridine rings is 1. The molecule has 2 heterocycles. The molecule has 0 bridgehead atoms. The molecular weight excluding hydrogens is 304 g/mol. The Balaban J connectivity index is 1.97. The van der Waals surface area contributed by atoms with E-state index in [0.29, 0.717) is 17.9 Å². The number of benzene rings is 1. The summed E-state index contributed by atoms with van der Waals surface area (Å²) in [4.78, 5) is 6.29.